The largest absolute Gasteiger partial charge is 0.454 e. The van der Waals surface area contributed by atoms with Crippen LogP contribution in [0.1, 0.15) is 58.5 Å². The van der Waals surface area contributed by atoms with Gasteiger partial charge in [0.2, 0.25) is 0 Å². The zero-order valence-corrected chi connectivity index (χ0v) is 17.5. The average molecular weight is 379 g/mol. The van der Waals surface area contributed by atoms with Crippen LogP contribution in [0.4, 0.5) is 5.69 Å². The van der Waals surface area contributed by atoms with Gasteiger partial charge in [-0.1, -0.05) is 29.8 Å². The number of aliphatic imine (C=N–C) groups is 1. The molecule has 1 aliphatic rings. The van der Waals surface area contributed by atoms with E-state index >= 15 is 0 Å². The predicted molar refractivity (Wildman–Crippen MR) is 114 cm³/mol. The Kier molecular flexibility index (Phi) is 6.18. The summed E-state index contributed by atoms with van der Waals surface area (Å²) in [4.78, 5) is 19.5. The highest BCUT2D eigenvalue weighted by Crippen LogP contribution is 2.44. The first kappa shape index (κ1) is 20.1. The molecule has 0 saturated heterocycles. The second-order valence-corrected chi connectivity index (χ2v) is 7.85. The summed E-state index contributed by atoms with van der Waals surface area (Å²) in [6, 6.07) is 12.2. The van der Waals surface area contributed by atoms with Crippen molar-refractivity contribution in [3.05, 3.63) is 64.2 Å². The smallest absolute Gasteiger partial charge is 0.339 e. The Morgan fingerprint density at radius 1 is 1.18 bits per heavy atom. The van der Waals surface area contributed by atoms with Crippen molar-refractivity contribution in [2.45, 2.75) is 46.6 Å². The van der Waals surface area contributed by atoms with Crippen LogP contribution in [0.15, 0.2) is 41.4 Å². The Morgan fingerprint density at radius 2 is 1.86 bits per heavy atom. The molecule has 0 radical (unpaired) electrons. The molecular weight excluding hydrogens is 348 g/mol. The van der Waals surface area contributed by atoms with Crippen molar-refractivity contribution in [2.75, 3.05) is 13.6 Å². The number of benzene rings is 2. The lowest BCUT2D eigenvalue weighted by Crippen LogP contribution is -2.15. The van der Waals surface area contributed by atoms with E-state index < -0.39 is 0 Å². The first-order valence-corrected chi connectivity index (χ1v) is 10.0. The van der Waals surface area contributed by atoms with Crippen LogP contribution in [-0.4, -0.2) is 30.8 Å². The van der Waals surface area contributed by atoms with E-state index in [1.54, 1.807) is 0 Å². The SMILES string of the molecule is CCN(C)/C=N/c1cc(C)c(C(=O)OC(c2ccc(C)cc2)C2CC2)cc1C. The zero-order valence-electron chi connectivity index (χ0n) is 17.5. The normalized spacial score (nSPS) is 14.9. The van der Waals surface area contributed by atoms with Crippen molar-refractivity contribution in [1.29, 1.82) is 0 Å². The maximum Gasteiger partial charge on any atom is 0.339 e. The molecule has 4 nitrogen and oxygen atoms in total. The number of nitrogens with zero attached hydrogens (tertiary/aromatic N) is 2. The van der Waals surface area contributed by atoms with Crippen molar-refractivity contribution >= 4 is 18.0 Å². The van der Waals surface area contributed by atoms with Gasteiger partial charge in [-0.25, -0.2) is 9.79 Å². The molecule has 1 aliphatic carbocycles. The van der Waals surface area contributed by atoms with Crippen LogP contribution >= 0.6 is 0 Å². The molecule has 148 valence electrons. The zero-order chi connectivity index (χ0) is 20.3. The number of carbonyl (C=O) groups is 1. The standard InChI is InChI=1S/C24H30N2O2/c1-6-26(5)15-25-22-14-17(3)21(13-18(22)4)24(27)28-23(20-11-12-20)19-9-7-16(2)8-10-19/h7-10,13-15,20,23H,6,11-12H2,1-5H3/b25-15+. The minimum atomic E-state index is -0.251. The predicted octanol–water partition coefficient (Wildman–Crippen LogP) is 5.53. The van der Waals surface area contributed by atoms with Crippen molar-refractivity contribution < 1.29 is 9.53 Å². The van der Waals surface area contributed by atoms with Crippen molar-refractivity contribution in [3.8, 4) is 0 Å². The van der Waals surface area contributed by atoms with E-state index in [1.807, 2.05) is 44.3 Å². The molecule has 1 atom stereocenters. The fourth-order valence-electron chi connectivity index (χ4n) is 3.17. The summed E-state index contributed by atoms with van der Waals surface area (Å²) in [7, 11) is 1.99. The summed E-state index contributed by atoms with van der Waals surface area (Å²) >= 11 is 0. The second kappa shape index (κ2) is 8.59. The molecule has 28 heavy (non-hydrogen) atoms. The first-order valence-electron chi connectivity index (χ1n) is 10.0. The van der Waals surface area contributed by atoms with Crippen LogP contribution in [-0.2, 0) is 4.74 Å². The molecule has 4 heteroatoms. The van der Waals surface area contributed by atoms with Crippen molar-refractivity contribution in [1.82, 2.24) is 4.90 Å². The van der Waals surface area contributed by atoms with Gasteiger partial charge in [0.05, 0.1) is 17.6 Å². The van der Waals surface area contributed by atoms with Crippen molar-refractivity contribution in [2.24, 2.45) is 10.9 Å². The van der Waals surface area contributed by atoms with Gasteiger partial charge in [0.15, 0.2) is 0 Å². The van der Waals surface area contributed by atoms with Crippen LogP contribution in [0.25, 0.3) is 0 Å². The molecule has 0 heterocycles. The Balaban J connectivity index is 1.80. The van der Waals surface area contributed by atoms with E-state index in [0.29, 0.717) is 11.5 Å². The second-order valence-electron chi connectivity index (χ2n) is 7.85. The third-order valence-corrected chi connectivity index (χ3v) is 5.35. The van der Waals surface area contributed by atoms with E-state index in [1.165, 1.54) is 5.56 Å². The first-order chi connectivity index (χ1) is 13.4. The molecule has 0 aromatic heterocycles. The van der Waals surface area contributed by atoms with E-state index in [4.69, 9.17) is 4.74 Å². The van der Waals surface area contributed by atoms with Crippen LogP contribution in [0.2, 0.25) is 0 Å². The number of esters is 1. The van der Waals surface area contributed by atoms with Crippen LogP contribution in [0.5, 0.6) is 0 Å². The summed E-state index contributed by atoms with van der Waals surface area (Å²) in [5.74, 6) is 0.181. The van der Waals surface area contributed by atoms with Gasteiger partial charge in [-0.2, -0.15) is 0 Å². The number of rotatable bonds is 7. The van der Waals surface area contributed by atoms with E-state index in [2.05, 4.69) is 43.1 Å². The lowest BCUT2D eigenvalue weighted by molar-refractivity contribution is 0.0241. The van der Waals surface area contributed by atoms with Gasteiger partial charge in [-0.05, 0) is 69.4 Å². The van der Waals surface area contributed by atoms with E-state index in [9.17, 15) is 4.79 Å². The molecule has 0 spiro atoms. The minimum Gasteiger partial charge on any atom is -0.454 e. The topological polar surface area (TPSA) is 41.9 Å². The van der Waals surface area contributed by atoms with Crippen molar-refractivity contribution in [3.63, 3.8) is 0 Å². The number of carbonyl (C=O) groups excluding carboxylic acids is 1. The van der Waals surface area contributed by atoms with E-state index in [0.717, 1.165) is 41.8 Å². The fraction of sp³-hybridized carbons (Fsp3) is 0.417. The molecule has 0 bridgehead atoms. The molecular formula is C24H30N2O2. The van der Waals surface area contributed by atoms with Crippen LogP contribution < -0.4 is 0 Å². The molecule has 3 rings (SSSR count). The molecule has 0 aliphatic heterocycles. The van der Waals surface area contributed by atoms with Crippen LogP contribution in [0.3, 0.4) is 0 Å². The molecule has 1 fully saturated rings. The molecule has 1 unspecified atom stereocenters. The third kappa shape index (κ3) is 4.80. The van der Waals surface area contributed by atoms with Crippen LogP contribution in [0, 0.1) is 26.7 Å². The highest BCUT2D eigenvalue weighted by molar-refractivity contribution is 5.92. The van der Waals surface area contributed by atoms with Gasteiger partial charge in [0.1, 0.15) is 6.10 Å². The Hall–Kier alpha value is -2.62. The van der Waals surface area contributed by atoms with Gasteiger partial charge in [0.25, 0.3) is 0 Å². The average Bonchev–Trinajstić information content (AvgIpc) is 3.51. The van der Waals surface area contributed by atoms with Gasteiger partial charge < -0.3 is 9.64 Å². The molecule has 2 aromatic rings. The Bertz CT molecular complexity index is 867. The van der Waals surface area contributed by atoms with Gasteiger partial charge >= 0.3 is 5.97 Å². The van der Waals surface area contributed by atoms with Gasteiger partial charge in [-0.15, -0.1) is 0 Å². The highest BCUT2D eigenvalue weighted by Gasteiger charge is 2.35. The Labute approximate surface area is 168 Å². The number of aryl methyl sites for hydroxylation is 3. The number of hydrogen-bond donors (Lipinski definition) is 0. The summed E-state index contributed by atoms with van der Waals surface area (Å²) < 4.78 is 5.99. The maximum absolute atomic E-state index is 13.0. The number of ether oxygens (including phenoxy) is 1. The minimum absolute atomic E-state index is 0.163. The molecule has 0 amide bonds. The Morgan fingerprint density at radius 3 is 2.46 bits per heavy atom. The fourth-order valence-corrected chi connectivity index (χ4v) is 3.17. The summed E-state index contributed by atoms with van der Waals surface area (Å²) in [6.45, 7) is 8.96. The summed E-state index contributed by atoms with van der Waals surface area (Å²) in [5.41, 5.74) is 5.65. The lowest BCUT2D eigenvalue weighted by atomic mass is 10.0. The number of hydrogen-bond acceptors (Lipinski definition) is 3. The van der Waals surface area contributed by atoms with E-state index in [-0.39, 0.29) is 12.1 Å². The molecule has 1 saturated carbocycles. The van der Waals surface area contributed by atoms with Gasteiger partial charge in [0, 0.05) is 19.5 Å². The highest BCUT2D eigenvalue weighted by atomic mass is 16.5. The molecule has 0 N–H and O–H groups in total. The lowest BCUT2D eigenvalue weighted by Gasteiger charge is -2.19. The monoisotopic (exact) mass is 378 g/mol. The molecule has 2 aromatic carbocycles. The summed E-state index contributed by atoms with van der Waals surface area (Å²) in [5, 5.41) is 0. The summed E-state index contributed by atoms with van der Waals surface area (Å²) in [6.07, 6.45) is 3.88. The maximum atomic E-state index is 13.0. The third-order valence-electron chi connectivity index (χ3n) is 5.35. The van der Waals surface area contributed by atoms with Gasteiger partial charge in [-0.3, -0.25) is 0 Å². The quantitative estimate of drug-likeness (QED) is 0.361.